The molecule has 1 aromatic carbocycles. The van der Waals surface area contributed by atoms with Crippen LogP contribution in [-0.4, -0.2) is 24.9 Å². The van der Waals surface area contributed by atoms with Gasteiger partial charge in [0.25, 0.3) is 0 Å². The number of carbonyl (C=O) groups is 1. The van der Waals surface area contributed by atoms with Crippen molar-refractivity contribution in [2.45, 2.75) is 13.3 Å². The van der Waals surface area contributed by atoms with E-state index in [1.54, 1.807) is 6.92 Å². The first-order chi connectivity index (χ1) is 12.6. The second kappa shape index (κ2) is 8.13. The number of hydrogen-bond acceptors (Lipinski definition) is 5. The van der Waals surface area contributed by atoms with Gasteiger partial charge in [0.05, 0.1) is 17.0 Å². The number of nitrogens with two attached hydrogens (primary N) is 1. The summed E-state index contributed by atoms with van der Waals surface area (Å²) in [5.41, 5.74) is 4.06. The van der Waals surface area contributed by atoms with Gasteiger partial charge in [-0.05, 0) is 40.5 Å². The van der Waals surface area contributed by atoms with E-state index in [9.17, 15) is 22.0 Å². The highest BCUT2D eigenvalue weighted by molar-refractivity contribution is 9.10. The number of halogens is 3. The molecule has 0 amide bonds. The van der Waals surface area contributed by atoms with Crippen LogP contribution in [0.15, 0.2) is 35.4 Å². The number of pyridine rings is 1. The predicted octanol–water partition coefficient (Wildman–Crippen LogP) is 3.75. The average molecular weight is 460 g/mol. The Bertz CT molecular complexity index is 1030. The van der Waals surface area contributed by atoms with Crippen molar-refractivity contribution >= 4 is 48.8 Å². The Morgan fingerprint density at radius 3 is 2.67 bits per heavy atom. The van der Waals surface area contributed by atoms with Crippen molar-refractivity contribution in [1.29, 1.82) is 0 Å². The van der Waals surface area contributed by atoms with Crippen LogP contribution in [0.1, 0.15) is 29.3 Å². The van der Waals surface area contributed by atoms with Crippen LogP contribution >= 0.6 is 15.9 Å². The van der Waals surface area contributed by atoms with Crippen molar-refractivity contribution in [3.05, 3.63) is 58.2 Å². The van der Waals surface area contributed by atoms with Gasteiger partial charge in [-0.25, -0.2) is 22.2 Å². The van der Waals surface area contributed by atoms with Crippen molar-refractivity contribution in [2.24, 2.45) is 0 Å². The number of anilines is 2. The van der Waals surface area contributed by atoms with Crippen molar-refractivity contribution in [2.75, 3.05) is 16.2 Å². The number of rotatable bonds is 7. The second-order valence-electron chi connectivity index (χ2n) is 5.60. The first-order valence-electron chi connectivity index (χ1n) is 7.71. The number of sulfonamides is 1. The molecule has 0 unspecified atom stereocenters. The molecule has 0 saturated heterocycles. The minimum absolute atomic E-state index is 0.0443. The van der Waals surface area contributed by atoms with Gasteiger partial charge in [-0.1, -0.05) is 13.5 Å². The van der Waals surface area contributed by atoms with Gasteiger partial charge in [-0.15, -0.1) is 0 Å². The molecule has 27 heavy (non-hydrogen) atoms. The standard InChI is InChI=1S/C17H16BrF2N3O3S/c1-3-6-27(25,26)23-13-5-4-12(19)14(15(13)20)16(24)9(2)11-7-10(18)8-22-17(11)21/h4-5,7-8,23H,2-3,6H2,1H3,(H2,21,22). The predicted molar refractivity (Wildman–Crippen MR) is 104 cm³/mol. The molecule has 10 heteroatoms. The van der Waals surface area contributed by atoms with Crippen molar-refractivity contribution in [3.63, 3.8) is 0 Å². The molecule has 1 heterocycles. The average Bonchev–Trinajstić information content (AvgIpc) is 2.58. The topological polar surface area (TPSA) is 102 Å². The molecule has 1 aromatic heterocycles. The highest BCUT2D eigenvalue weighted by Gasteiger charge is 2.26. The molecule has 0 aliphatic carbocycles. The largest absolute Gasteiger partial charge is 0.383 e. The van der Waals surface area contributed by atoms with Gasteiger partial charge in [0, 0.05) is 21.8 Å². The summed E-state index contributed by atoms with van der Waals surface area (Å²) in [5.74, 6) is -3.86. The molecular formula is C17H16BrF2N3O3S. The van der Waals surface area contributed by atoms with Gasteiger partial charge < -0.3 is 5.73 Å². The van der Waals surface area contributed by atoms with Gasteiger partial charge in [0.2, 0.25) is 10.0 Å². The first kappa shape index (κ1) is 21.0. The normalized spacial score (nSPS) is 11.3. The van der Waals surface area contributed by atoms with Gasteiger partial charge in [0.1, 0.15) is 11.6 Å². The zero-order valence-electron chi connectivity index (χ0n) is 14.2. The Hall–Kier alpha value is -2.33. The number of aromatic nitrogens is 1. The maximum Gasteiger partial charge on any atom is 0.232 e. The van der Waals surface area contributed by atoms with Crippen LogP contribution in [0.2, 0.25) is 0 Å². The molecule has 0 aliphatic heterocycles. The van der Waals surface area contributed by atoms with Crippen LogP contribution < -0.4 is 10.5 Å². The van der Waals surface area contributed by atoms with Gasteiger partial charge in [-0.2, -0.15) is 0 Å². The van der Waals surface area contributed by atoms with Crippen LogP contribution in [-0.2, 0) is 10.0 Å². The number of ketones is 1. The molecule has 0 aliphatic rings. The van der Waals surface area contributed by atoms with E-state index in [-0.39, 0.29) is 22.7 Å². The Kier molecular flexibility index (Phi) is 6.32. The van der Waals surface area contributed by atoms with Gasteiger partial charge in [0.15, 0.2) is 11.6 Å². The number of nitrogens with zero attached hydrogens (tertiary/aromatic N) is 1. The molecule has 2 aromatic rings. The lowest BCUT2D eigenvalue weighted by Crippen LogP contribution is -2.18. The molecule has 6 nitrogen and oxygen atoms in total. The van der Waals surface area contributed by atoms with Gasteiger partial charge >= 0.3 is 0 Å². The van der Waals surface area contributed by atoms with Crippen LogP contribution in [0, 0.1) is 11.6 Å². The van der Waals surface area contributed by atoms with E-state index in [0.29, 0.717) is 10.9 Å². The first-order valence-corrected chi connectivity index (χ1v) is 10.2. The van der Waals surface area contributed by atoms with E-state index in [1.165, 1.54) is 12.3 Å². The minimum atomic E-state index is -3.83. The molecule has 144 valence electrons. The molecular weight excluding hydrogens is 444 g/mol. The number of carbonyl (C=O) groups excluding carboxylic acids is 1. The van der Waals surface area contributed by atoms with Crippen molar-refractivity contribution in [3.8, 4) is 0 Å². The summed E-state index contributed by atoms with van der Waals surface area (Å²) in [6.07, 6.45) is 1.69. The number of Topliss-reactive ketones (excluding diaryl/α,β-unsaturated/α-hetero) is 1. The summed E-state index contributed by atoms with van der Waals surface area (Å²) in [6, 6.07) is 3.15. The summed E-state index contributed by atoms with van der Waals surface area (Å²) in [4.78, 5) is 16.5. The number of benzene rings is 1. The maximum absolute atomic E-state index is 14.7. The van der Waals surface area contributed by atoms with Gasteiger partial charge in [-0.3, -0.25) is 9.52 Å². The molecule has 0 spiro atoms. The molecule has 0 bridgehead atoms. The Morgan fingerprint density at radius 2 is 2.04 bits per heavy atom. The third kappa shape index (κ3) is 4.69. The number of hydrogen-bond donors (Lipinski definition) is 2. The molecule has 0 saturated carbocycles. The van der Waals surface area contributed by atoms with Crippen LogP contribution in [0.25, 0.3) is 5.57 Å². The summed E-state index contributed by atoms with van der Waals surface area (Å²) in [5, 5.41) is 0. The quantitative estimate of drug-likeness (QED) is 0.484. The molecule has 0 atom stereocenters. The summed E-state index contributed by atoms with van der Waals surface area (Å²) in [6.45, 7) is 5.19. The molecule has 3 N–H and O–H groups in total. The van der Waals surface area contributed by atoms with E-state index >= 15 is 0 Å². The third-order valence-electron chi connectivity index (χ3n) is 3.54. The molecule has 0 fully saturated rings. The summed E-state index contributed by atoms with van der Waals surface area (Å²) >= 11 is 3.16. The van der Waals surface area contributed by atoms with E-state index in [1.807, 2.05) is 4.72 Å². The smallest absolute Gasteiger partial charge is 0.232 e. The van der Waals surface area contributed by atoms with Crippen molar-refractivity contribution < 1.29 is 22.0 Å². The zero-order valence-corrected chi connectivity index (χ0v) is 16.6. The molecule has 2 rings (SSSR count). The fraction of sp³-hybridized carbons (Fsp3) is 0.176. The second-order valence-corrected chi connectivity index (χ2v) is 8.36. The Labute approximate surface area is 163 Å². The van der Waals surface area contributed by atoms with E-state index in [4.69, 9.17) is 5.73 Å². The lowest BCUT2D eigenvalue weighted by Gasteiger charge is -2.13. The van der Waals surface area contributed by atoms with Crippen LogP contribution in [0.3, 0.4) is 0 Å². The number of nitrogens with one attached hydrogen (secondary N) is 1. The van der Waals surface area contributed by atoms with Crippen LogP contribution in [0.4, 0.5) is 20.3 Å². The highest BCUT2D eigenvalue weighted by atomic mass is 79.9. The fourth-order valence-electron chi connectivity index (χ4n) is 2.29. The summed E-state index contributed by atoms with van der Waals surface area (Å²) < 4.78 is 55.1. The number of nitrogen functional groups attached to an aromatic ring is 1. The lowest BCUT2D eigenvalue weighted by molar-refractivity contribution is 0.104. The monoisotopic (exact) mass is 459 g/mol. The Morgan fingerprint density at radius 1 is 1.37 bits per heavy atom. The lowest BCUT2D eigenvalue weighted by atomic mass is 9.97. The van der Waals surface area contributed by atoms with E-state index in [0.717, 1.165) is 12.1 Å². The molecule has 0 radical (unpaired) electrons. The van der Waals surface area contributed by atoms with Crippen molar-refractivity contribution in [1.82, 2.24) is 4.98 Å². The number of allylic oxidation sites excluding steroid dienone is 1. The highest BCUT2D eigenvalue weighted by Crippen LogP contribution is 2.29. The Balaban J connectivity index is 2.48. The SMILES string of the molecule is C=C(C(=O)c1c(F)ccc(NS(=O)(=O)CCC)c1F)c1cc(Br)cnc1N. The van der Waals surface area contributed by atoms with E-state index < -0.39 is 38.7 Å². The fourth-order valence-corrected chi connectivity index (χ4v) is 3.76. The van der Waals surface area contributed by atoms with E-state index in [2.05, 4.69) is 27.5 Å². The van der Waals surface area contributed by atoms with Crippen LogP contribution in [0.5, 0.6) is 0 Å². The minimum Gasteiger partial charge on any atom is -0.383 e. The summed E-state index contributed by atoms with van der Waals surface area (Å²) in [7, 11) is -3.83. The maximum atomic E-state index is 14.7. The third-order valence-corrected chi connectivity index (χ3v) is 5.45. The zero-order chi connectivity index (χ0) is 20.4.